The van der Waals surface area contributed by atoms with Gasteiger partial charge in [-0.3, -0.25) is 4.79 Å². The van der Waals surface area contributed by atoms with Crippen molar-refractivity contribution in [3.63, 3.8) is 0 Å². The van der Waals surface area contributed by atoms with Crippen molar-refractivity contribution < 1.29 is 9.53 Å². The lowest BCUT2D eigenvalue weighted by atomic mass is 10.2. The number of methoxy groups -OCH3 is 1. The third-order valence-corrected chi connectivity index (χ3v) is 2.32. The van der Waals surface area contributed by atoms with Gasteiger partial charge in [0.15, 0.2) is 0 Å². The van der Waals surface area contributed by atoms with Crippen LogP contribution in [0.5, 0.6) is 5.75 Å². The zero-order chi connectivity index (χ0) is 11.3. The Morgan fingerprint density at radius 1 is 1.53 bits per heavy atom. The summed E-state index contributed by atoms with van der Waals surface area (Å²) >= 11 is 11.1. The molecule has 5 heteroatoms. The fourth-order valence-electron chi connectivity index (χ4n) is 1.11. The normalized spacial score (nSPS) is 9.80. The molecule has 1 N–H and O–H groups in total. The van der Waals surface area contributed by atoms with Crippen molar-refractivity contribution in [2.75, 3.05) is 13.0 Å². The lowest BCUT2D eigenvalue weighted by Crippen LogP contribution is -2.23. The van der Waals surface area contributed by atoms with Crippen LogP contribution < -0.4 is 10.1 Å². The van der Waals surface area contributed by atoms with Gasteiger partial charge in [-0.05, 0) is 12.1 Å². The van der Waals surface area contributed by atoms with E-state index < -0.39 is 0 Å². The highest BCUT2D eigenvalue weighted by Gasteiger charge is 2.05. The average Bonchev–Trinajstić information content (AvgIpc) is 2.26. The summed E-state index contributed by atoms with van der Waals surface area (Å²) in [6, 6.07) is 5.24. The largest absolute Gasteiger partial charge is 0.496 e. The number of amides is 1. The van der Waals surface area contributed by atoms with E-state index in [-0.39, 0.29) is 11.8 Å². The standard InChI is InChI=1S/C10H11Cl2NO2/c1-15-9-4-8(12)3-2-7(9)6-13-10(14)5-11/h2-4H,5-6H2,1H3,(H,13,14). The van der Waals surface area contributed by atoms with Crippen molar-refractivity contribution in [1.29, 1.82) is 0 Å². The quantitative estimate of drug-likeness (QED) is 0.829. The van der Waals surface area contributed by atoms with Gasteiger partial charge >= 0.3 is 0 Å². The van der Waals surface area contributed by atoms with Crippen molar-refractivity contribution in [1.82, 2.24) is 5.32 Å². The van der Waals surface area contributed by atoms with Crippen LogP contribution in [0.1, 0.15) is 5.56 Å². The van der Waals surface area contributed by atoms with Gasteiger partial charge in [-0.15, -0.1) is 11.6 Å². The van der Waals surface area contributed by atoms with Crippen molar-refractivity contribution in [2.24, 2.45) is 0 Å². The number of nitrogens with one attached hydrogen (secondary N) is 1. The molecule has 0 unspecified atom stereocenters. The van der Waals surface area contributed by atoms with E-state index in [0.717, 1.165) is 5.56 Å². The Morgan fingerprint density at radius 2 is 2.27 bits per heavy atom. The Hall–Kier alpha value is -0.930. The highest BCUT2D eigenvalue weighted by Crippen LogP contribution is 2.22. The molecule has 0 aliphatic rings. The maximum absolute atomic E-state index is 10.9. The summed E-state index contributed by atoms with van der Waals surface area (Å²) in [7, 11) is 1.55. The van der Waals surface area contributed by atoms with Gasteiger partial charge in [0.2, 0.25) is 5.91 Å². The smallest absolute Gasteiger partial charge is 0.235 e. The topological polar surface area (TPSA) is 38.3 Å². The van der Waals surface area contributed by atoms with Gasteiger partial charge < -0.3 is 10.1 Å². The van der Waals surface area contributed by atoms with Crippen LogP contribution in [0, 0.1) is 0 Å². The zero-order valence-electron chi connectivity index (χ0n) is 8.22. The predicted molar refractivity (Wildman–Crippen MR) is 60.6 cm³/mol. The molecule has 0 bridgehead atoms. The fraction of sp³-hybridized carbons (Fsp3) is 0.300. The molecule has 1 rings (SSSR count). The average molecular weight is 248 g/mol. The highest BCUT2D eigenvalue weighted by molar-refractivity contribution is 6.30. The third-order valence-electron chi connectivity index (χ3n) is 1.85. The van der Waals surface area contributed by atoms with Gasteiger partial charge in [0.25, 0.3) is 0 Å². The van der Waals surface area contributed by atoms with E-state index in [2.05, 4.69) is 5.32 Å². The summed E-state index contributed by atoms with van der Waals surface area (Å²) in [5, 5.41) is 3.25. The van der Waals surface area contributed by atoms with Crippen molar-refractivity contribution in [3.8, 4) is 5.75 Å². The van der Waals surface area contributed by atoms with Crippen LogP contribution in [0.3, 0.4) is 0 Å². The van der Waals surface area contributed by atoms with Crippen molar-refractivity contribution in [2.45, 2.75) is 6.54 Å². The van der Waals surface area contributed by atoms with Crippen LogP contribution in [0.15, 0.2) is 18.2 Å². The Balaban J connectivity index is 2.72. The Labute approximate surface area is 98.3 Å². The van der Waals surface area contributed by atoms with E-state index in [4.69, 9.17) is 27.9 Å². The molecular weight excluding hydrogens is 237 g/mol. The molecule has 0 radical (unpaired) electrons. The molecule has 0 saturated heterocycles. The van der Waals surface area contributed by atoms with E-state index in [1.165, 1.54) is 0 Å². The van der Waals surface area contributed by atoms with Gasteiger partial charge in [0.1, 0.15) is 11.6 Å². The van der Waals surface area contributed by atoms with E-state index in [0.29, 0.717) is 17.3 Å². The molecule has 0 aliphatic heterocycles. The van der Waals surface area contributed by atoms with Gasteiger partial charge in [-0.1, -0.05) is 17.7 Å². The lowest BCUT2D eigenvalue weighted by Gasteiger charge is -2.09. The van der Waals surface area contributed by atoms with Crippen LogP contribution >= 0.6 is 23.2 Å². The molecule has 1 aromatic carbocycles. The summed E-state index contributed by atoms with van der Waals surface area (Å²) in [5.41, 5.74) is 0.861. The van der Waals surface area contributed by atoms with Crippen LogP contribution in [0.2, 0.25) is 5.02 Å². The summed E-state index contributed by atoms with van der Waals surface area (Å²) in [4.78, 5) is 10.9. The molecule has 0 atom stereocenters. The molecule has 0 spiro atoms. The molecule has 82 valence electrons. The maximum Gasteiger partial charge on any atom is 0.235 e. The Kier molecular flexibility index (Phi) is 4.72. The monoisotopic (exact) mass is 247 g/mol. The highest BCUT2D eigenvalue weighted by atomic mass is 35.5. The zero-order valence-corrected chi connectivity index (χ0v) is 9.73. The van der Waals surface area contributed by atoms with E-state index in [1.807, 2.05) is 0 Å². The molecule has 0 saturated carbocycles. The van der Waals surface area contributed by atoms with Gasteiger partial charge in [-0.2, -0.15) is 0 Å². The van der Waals surface area contributed by atoms with E-state index >= 15 is 0 Å². The van der Waals surface area contributed by atoms with E-state index in [1.54, 1.807) is 25.3 Å². The van der Waals surface area contributed by atoms with Crippen molar-refractivity contribution in [3.05, 3.63) is 28.8 Å². The van der Waals surface area contributed by atoms with E-state index in [9.17, 15) is 4.79 Å². The number of hydrogen-bond acceptors (Lipinski definition) is 2. The first-order valence-electron chi connectivity index (χ1n) is 4.32. The molecule has 1 aromatic rings. The second kappa shape index (κ2) is 5.83. The minimum atomic E-state index is -0.214. The van der Waals surface area contributed by atoms with Crippen molar-refractivity contribution >= 4 is 29.1 Å². The minimum absolute atomic E-state index is 0.0457. The summed E-state index contributed by atoms with van der Waals surface area (Å²) in [5.74, 6) is 0.390. The molecule has 15 heavy (non-hydrogen) atoms. The van der Waals surface area contributed by atoms with Crippen LogP contribution in [0.4, 0.5) is 0 Å². The number of benzene rings is 1. The molecule has 0 fully saturated rings. The van der Waals surface area contributed by atoms with Crippen LogP contribution in [-0.4, -0.2) is 18.9 Å². The molecule has 1 amide bonds. The number of ether oxygens (including phenoxy) is 1. The number of carbonyl (C=O) groups is 1. The fourth-order valence-corrected chi connectivity index (χ4v) is 1.36. The summed E-state index contributed by atoms with van der Waals surface area (Å²) in [6.45, 7) is 0.381. The lowest BCUT2D eigenvalue weighted by molar-refractivity contribution is -0.118. The molecule has 0 aromatic heterocycles. The van der Waals surface area contributed by atoms with Gasteiger partial charge in [0.05, 0.1) is 7.11 Å². The molecule has 3 nitrogen and oxygen atoms in total. The number of hydrogen-bond donors (Lipinski definition) is 1. The van der Waals surface area contributed by atoms with Crippen LogP contribution in [0.25, 0.3) is 0 Å². The number of halogens is 2. The Morgan fingerprint density at radius 3 is 2.87 bits per heavy atom. The predicted octanol–water partition coefficient (Wildman–Crippen LogP) is 2.20. The van der Waals surface area contributed by atoms with Gasteiger partial charge in [0, 0.05) is 17.1 Å². The van der Waals surface area contributed by atoms with Crippen LogP contribution in [-0.2, 0) is 11.3 Å². The molecule has 0 aliphatic carbocycles. The van der Waals surface area contributed by atoms with Gasteiger partial charge in [-0.25, -0.2) is 0 Å². The number of rotatable bonds is 4. The summed E-state index contributed by atoms with van der Waals surface area (Å²) in [6.07, 6.45) is 0. The SMILES string of the molecule is COc1cc(Cl)ccc1CNC(=O)CCl. The number of carbonyl (C=O) groups excluding carboxylic acids is 1. The molecular formula is C10H11Cl2NO2. The first-order chi connectivity index (χ1) is 7.17. The first kappa shape index (κ1) is 12.1. The number of alkyl halides is 1. The molecule has 0 heterocycles. The summed E-state index contributed by atoms with van der Waals surface area (Å²) < 4.78 is 5.12. The maximum atomic E-state index is 10.9. The third kappa shape index (κ3) is 3.61. The Bertz CT molecular complexity index is 355. The second-order valence-corrected chi connectivity index (χ2v) is 3.57. The minimum Gasteiger partial charge on any atom is -0.496 e. The second-order valence-electron chi connectivity index (χ2n) is 2.87. The first-order valence-corrected chi connectivity index (χ1v) is 5.23.